The summed E-state index contributed by atoms with van der Waals surface area (Å²) in [5, 5.41) is 8.84. The van der Waals surface area contributed by atoms with E-state index in [2.05, 4.69) is 58.1 Å². The fourth-order valence-electron chi connectivity index (χ4n) is 3.60. The van der Waals surface area contributed by atoms with Crippen LogP contribution in [0, 0.1) is 0 Å². The lowest BCUT2D eigenvalue weighted by Gasteiger charge is -2.16. The van der Waals surface area contributed by atoms with Gasteiger partial charge in [-0.25, -0.2) is 4.98 Å². The van der Waals surface area contributed by atoms with Crippen molar-refractivity contribution >= 4 is 28.1 Å². The van der Waals surface area contributed by atoms with Gasteiger partial charge in [0.25, 0.3) is 0 Å². The van der Waals surface area contributed by atoms with E-state index in [1.54, 1.807) is 0 Å². The third-order valence-electron chi connectivity index (χ3n) is 5.44. The third kappa shape index (κ3) is 5.22. The number of nitrogens with one attached hydrogen (secondary N) is 2. The Bertz CT molecular complexity index is 949. The Morgan fingerprint density at radius 2 is 1.86 bits per heavy atom. The number of hydrogen-bond acceptors (Lipinski definition) is 5. The zero-order chi connectivity index (χ0) is 20.1. The number of thiazole rings is 1. The van der Waals surface area contributed by atoms with E-state index in [1.165, 1.54) is 35.3 Å². The van der Waals surface area contributed by atoms with Crippen LogP contribution in [-0.4, -0.2) is 24.0 Å². The summed E-state index contributed by atoms with van der Waals surface area (Å²) in [6.45, 7) is 1.98. The predicted octanol–water partition coefficient (Wildman–Crippen LogP) is 3.77. The van der Waals surface area contributed by atoms with Crippen molar-refractivity contribution in [1.82, 2.24) is 10.3 Å². The lowest BCUT2D eigenvalue weighted by molar-refractivity contribution is -0.115. The molecule has 4 N–H and O–H groups in total. The zero-order valence-electron chi connectivity index (χ0n) is 16.4. The van der Waals surface area contributed by atoms with Crippen molar-refractivity contribution in [3.05, 3.63) is 76.8 Å². The van der Waals surface area contributed by atoms with Gasteiger partial charge < -0.3 is 16.4 Å². The summed E-state index contributed by atoms with van der Waals surface area (Å²) in [5.41, 5.74) is 10.2. The van der Waals surface area contributed by atoms with Crippen LogP contribution in [0.25, 0.3) is 0 Å². The highest BCUT2D eigenvalue weighted by Gasteiger charge is 2.43. The molecule has 0 saturated heterocycles. The van der Waals surface area contributed by atoms with Crippen LogP contribution in [-0.2, 0) is 23.1 Å². The first-order valence-corrected chi connectivity index (χ1v) is 10.9. The van der Waals surface area contributed by atoms with Gasteiger partial charge in [-0.05, 0) is 49.1 Å². The molecule has 0 bridgehead atoms. The highest BCUT2D eigenvalue weighted by Crippen LogP contribution is 2.47. The van der Waals surface area contributed by atoms with Crippen molar-refractivity contribution in [1.29, 1.82) is 0 Å². The fraction of sp³-hybridized carbons (Fsp3) is 0.304. The van der Waals surface area contributed by atoms with Crippen molar-refractivity contribution in [3.8, 4) is 0 Å². The van der Waals surface area contributed by atoms with E-state index < -0.39 is 0 Å². The largest absolute Gasteiger partial charge is 0.375 e. The summed E-state index contributed by atoms with van der Waals surface area (Å²) >= 11 is 1.35. The summed E-state index contributed by atoms with van der Waals surface area (Å²) in [6.07, 6.45) is 3.75. The van der Waals surface area contributed by atoms with Gasteiger partial charge in [-0.1, -0.05) is 42.5 Å². The first kappa shape index (κ1) is 19.6. The van der Waals surface area contributed by atoms with Gasteiger partial charge in [-0.2, -0.15) is 0 Å². The van der Waals surface area contributed by atoms with E-state index in [9.17, 15) is 4.79 Å². The summed E-state index contributed by atoms with van der Waals surface area (Å²) in [6, 6.07) is 18.9. The van der Waals surface area contributed by atoms with Crippen molar-refractivity contribution in [2.24, 2.45) is 0 Å². The van der Waals surface area contributed by atoms with E-state index in [4.69, 9.17) is 5.73 Å². The molecule has 0 aliphatic heterocycles. The monoisotopic (exact) mass is 406 g/mol. The van der Waals surface area contributed by atoms with E-state index in [0.29, 0.717) is 16.2 Å². The topological polar surface area (TPSA) is 80.0 Å². The second-order valence-corrected chi connectivity index (χ2v) is 8.56. The van der Waals surface area contributed by atoms with Crippen LogP contribution in [0.1, 0.15) is 29.7 Å². The average molecular weight is 407 g/mol. The molecule has 1 saturated carbocycles. The molecule has 0 spiro atoms. The molecule has 29 heavy (non-hydrogen) atoms. The van der Waals surface area contributed by atoms with Crippen LogP contribution in [0.15, 0.2) is 60.0 Å². The normalized spacial score (nSPS) is 14.5. The Kier molecular flexibility index (Phi) is 5.92. The molecule has 1 heterocycles. The number of nitrogens with zero attached hydrogens (tertiary/aromatic N) is 1. The Morgan fingerprint density at radius 1 is 1.10 bits per heavy atom. The van der Waals surface area contributed by atoms with Gasteiger partial charge >= 0.3 is 0 Å². The molecule has 1 fully saturated rings. The van der Waals surface area contributed by atoms with E-state index in [1.807, 2.05) is 17.5 Å². The van der Waals surface area contributed by atoms with Crippen molar-refractivity contribution in [2.75, 3.05) is 24.1 Å². The van der Waals surface area contributed by atoms with E-state index in [0.717, 1.165) is 25.2 Å². The summed E-state index contributed by atoms with van der Waals surface area (Å²) < 4.78 is 0. The number of aromatic nitrogens is 1. The van der Waals surface area contributed by atoms with Gasteiger partial charge in [0.2, 0.25) is 5.91 Å². The lowest BCUT2D eigenvalue weighted by Crippen LogP contribution is -2.28. The smallest absolute Gasteiger partial charge is 0.230 e. The molecular weight excluding hydrogens is 380 g/mol. The quantitative estimate of drug-likeness (QED) is 0.473. The standard InChI is InChI=1S/C23H26N4OS/c24-22-27-20(15-29-22)14-21(28)26-19-8-6-17(7-9-19)10-13-25-16-23(11-12-23)18-4-2-1-3-5-18/h1-9,15,25H,10-14,16H2,(H2,24,27)(H,26,28). The van der Waals surface area contributed by atoms with Crippen molar-refractivity contribution < 1.29 is 4.79 Å². The Balaban J connectivity index is 1.20. The summed E-state index contributed by atoms with van der Waals surface area (Å²) in [5.74, 6) is -0.0830. The molecule has 4 rings (SSSR count). The number of nitrogens with two attached hydrogens (primary N) is 1. The number of anilines is 2. The predicted molar refractivity (Wildman–Crippen MR) is 119 cm³/mol. The minimum atomic E-state index is -0.0830. The molecule has 2 aromatic carbocycles. The maximum atomic E-state index is 12.1. The first-order valence-electron chi connectivity index (χ1n) is 9.98. The maximum absolute atomic E-state index is 12.1. The Hall–Kier alpha value is -2.70. The SMILES string of the molecule is Nc1nc(CC(=O)Nc2ccc(CCNCC3(c4ccccc4)CC3)cc2)cs1. The molecule has 0 unspecified atom stereocenters. The van der Waals surface area contributed by atoms with Gasteiger partial charge in [0.05, 0.1) is 12.1 Å². The third-order valence-corrected chi connectivity index (χ3v) is 6.17. The van der Waals surface area contributed by atoms with Crippen LogP contribution in [0.3, 0.4) is 0 Å². The van der Waals surface area contributed by atoms with Crippen molar-refractivity contribution in [2.45, 2.75) is 31.1 Å². The second-order valence-electron chi connectivity index (χ2n) is 7.67. The highest BCUT2D eigenvalue weighted by molar-refractivity contribution is 7.13. The molecule has 0 atom stereocenters. The molecule has 0 radical (unpaired) electrons. The van der Waals surface area contributed by atoms with Crippen LogP contribution in [0.4, 0.5) is 10.8 Å². The number of nitrogen functional groups attached to an aromatic ring is 1. The summed E-state index contributed by atoms with van der Waals surface area (Å²) in [7, 11) is 0. The molecule has 6 heteroatoms. The number of amides is 1. The summed E-state index contributed by atoms with van der Waals surface area (Å²) in [4.78, 5) is 16.2. The molecule has 1 aromatic heterocycles. The van der Waals surface area contributed by atoms with Gasteiger partial charge in [0.1, 0.15) is 0 Å². The van der Waals surface area contributed by atoms with Crippen LogP contribution in [0.5, 0.6) is 0 Å². The molecule has 150 valence electrons. The van der Waals surface area contributed by atoms with E-state index in [-0.39, 0.29) is 12.3 Å². The number of carbonyl (C=O) groups is 1. The Morgan fingerprint density at radius 3 is 2.52 bits per heavy atom. The second kappa shape index (κ2) is 8.76. The average Bonchev–Trinajstić information content (AvgIpc) is 3.42. The molecule has 5 nitrogen and oxygen atoms in total. The van der Waals surface area contributed by atoms with Crippen molar-refractivity contribution in [3.63, 3.8) is 0 Å². The minimum absolute atomic E-state index is 0.0830. The molecule has 3 aromatic rings. The molecular formula is C23H26N4OS. The number of carbonyl (C=O) groups excluding carboxylic acids is 1. The molecule has 1 aliphatic carbocycles. The minimum Gasteiger partial charge on any atom is -0.375 e. The van der Waals surface area contributed by atoms with Crippen LogP contribution >= 0.6 is 11.3 Å². The van der Waals surface area contributed by atoms with Gasteiger partial charge in [0.15, 0.2) is 5.13 Å². The number of benzene rings is 2. The van der Waals surface area contributed by atoms with Gasteiger partial charge in [-0.3, -0.25) is 4.79 Å². The van der Waals surface area contributed by atoms with Gasteiger partial charge in [0, 0.05) is 23.0 Å². The van der Waals surface area contributed by atoms with Gasteiger partial charge in [-0.15, -0.1) is 11.3 Å². The number of hydrogen-bond donors (Lipinski definition) is 3. The molecule has 1 amide bonds. The van der Waals surface area contributed by atoms with Crippen LogP contribution in [0.2, 0.25) is 0 Å². The van der Waals surface area contributed by atoms with E-state index >= 15 is 0 Å². The lowest BCUT2D eigenvalue weighted by atomic mass is 9.96. The first-order chi connectivity index (χ1) is 14.1. The number of rotatable bonds is 9. The zero-order valence-corrected chi connectivity index (χ0v) is 17.2. The highest BCUT2D eigenvalue weighted by atomic mass is 32.1. The Labute approximate surface area is 175 Å². The molecule has 1 aliphatic rings. The fourth-order valence-corrected chi connectivity index (χ4v) is 4.16. The van der Waals surface area contributed by atoms with Crippen LogP contribution < -0.4 is 16.4 Å². The maximum Gasteiger partial charge on any atom is 0.230 e.